The Morgan fingerprint density at radius 3 is 2.40 bits per heavy atom. The van der Waals surface area contributed by atoms with Gasteiger partial charge in [0.2, 0.25) is 5.69 Å². The van der Waals surface area contributed by atoms with Crippen LogP contribution in [0.1, 0.15) is 78.0 Å². The molecule has 3 aliphatic carbocycles. The third-order valence-electron chi connectivity index (χ3n) is 9.96. The molecule has 7 rings (SSSR count). The lowest BCUT2D eigenvalue weighted by atomic mass is 9.70. The number of aryl methyl sites for hydroxylation is 1. The monoisotopic (exact) mass is 541 g/mol. The molecule has 1 aromatic heterocycles. The molecule has 2 aromatic rings. The lowest BCUT2D eigenvalue weighted by Crippen LogP contribution is -2.47. The van der Waals surface area contributed by atoms with E-state index in [1.165, 1.54) is 0 Å². The molecular weight excluding hydrogens is 508 g/mol. The van der Waals surface area contributed by atoms with Gasteiger partial charge in [-0.1, -0.05) is 0 Å². The van der Waals surface area contributed by atoms with Crippen molar-refractivity contribution >= 4 is 17.7 Å². The highest BCUT2D eigenvalue weighted by molar-refractivity contribution is 6.06. The van der Waals surface area contributed by atoms with E-state index in [0.717, 1.165) is 42.4 Å². The Kier molecular flexibility index (Phi) is 5.19. The van der Waals surface area contributed by atoms with E-state index in [2.05, 4.69) is 4.98 Å². The fourth-order valence-electron chi connectivity index (χ4n) is 7.15. The number of Topliss-reactive ketones (excluding diaryl/α,β-unsaturated/α-hetero) is 1. The lowest BCUT2D eigenvalue weighted by Gasteiger charge is -2.43. The van der Waals surface area contributed by atoms with E-state index >= 15 is 0 Å². The maximum atomic E-state index is 14.1. The second kappa shape index (κ2) is 8.29. The Hall–Kier alpha value is -3.94. The minimum absolute atomic E-state index is 0.00363. The van der Waals surface area contributed by atoms with Crippen molar-refractivity contribution in [1.29, 1.82) is 0 Å². The van der Waals surface area contributed by atoms with Crippen LogP contribution >= 0.6 is 0 Å². The van der Waals surface area contributed by atoms with Crippen LogP contribution in [-0.4, -0.2) is 47.4 Å². The van der Waals surface area contributed by atoms with E-state index in [9.17, 15) is 19.5 Å². The van der Waals surface area contributed by atoms with Gasteiger partial charge in [-0.2, -0.15) is 4.98 Å². The number of aromatic nitrogens is 1. The molecule has 0 unspecified atom stereocenters. The lowest BCUT2D eigenvalue weighted by molar-refractivity contribution is -0.370. The molecule has 2 saturated carbocycles. The Balaban J connectivity index is 1.46. The van der Waals surface area contributed by atoms with Gasteiger partial charge in [0.15, 0.2) is 5.78 Å². The third-order valence-corrected chi connectivity index (χ3v) is 9.96. The number of aromatic amines is 1. The van der Waals surface area contributed by atoms with Crippen molar-refractivity contribution in [2.24, 2.45) is 5.41 Å². The molecule has 0 saturated heterocycles. The zero-order valence-electron chi connectivity index (χ0n) is 23.3. The van der Waals surface area contributed by atoms with Crippen molar-refractivity contribution in [3.05, 3.63) is 69.3 Å². The summed E-state index contributed by atoms with van der Waals surface area (Å²) >= 11 is 0. The molecule has 206 valence electrons. The molecule has 3 heterocycles. The van der Waals surface area contributed by atoms with E-state index in [-0.39, 0.29) is 28.3 Å². The smallest absolute Gasteiger partial charge is 0.401 e. The summed E-state index contributed by atoms with van der Waals surface area (Å²) in [7, 11) is 3.45. The van der Waals surface area contributed by atoms with E-state index in [0.29, 0.717) is 58.9 Å². The highest BCUT2D eigenvalue weighted by Gasteiger charge is 2.59. The summed E-state index contributed by atoms with van der Waals surface area (Å²) in [5, 5.41) is 9.73. The molecule has 5 aliphatic rings. The number of hydrogen-bond acceptors (Lipinski definition) is 5. The van der Waals surface area contributed by atoms with Crippen molar-refractivity contribution in [2.45, 2.75) is 70.3 Å². The predicted octanol–water partition coefficient (Wildman–Crippen LogP) is 4.65. The molecule has 2 aliphatic heterocycles. The van der Waals surface area contributed by atoms with Crippen LogP contribution in [0.25, 0.3) is 11.3 Å². The van der Waals surface area contributed by atoms with Crippen molar-refractivity contribution in [3.63, 3.8) is 0 Å². The predicted molar refractivity (Wildman–Crippen MR) is 145 cm³/mol. The quantitative estimate of drug-likeness (QED) is 0.604. The standard InChI is InChI=1S/C32H32N2O6/c1-16-5-7-19(33-28(16)30(37)38)18-6-8-21(39-4)24(17(18)2)27-25-20(35)13-31(9-10-31)14-22(25)40-23-15-32(11-12-32)34(3)29(36)26(23)27/h5-8,27H,9-15H2,1-4H3,(H,37,38)/p+1/t27-/m1/s1. The van der Waals surface area contributed by atoms with Crippen molar-refractivity contribution in [3.8, 4) is 17.0 Å². The summed E-state index contributed by atoms with van der Waals surface area (Å²) in [4.78, 5) is 44.8. The Morgan fingerprint density at radius 1 is 1.02 bits per heavy atom. The fourth-order valence-corrected chi connectivity index (χ4v) is 7.15. The summed E-state index contributed by atoms with van der Waals surface area (Å²) in [6.45, 7) is 3.70. The van der Waals surface area contributed by atoms with Crippen LogP contribution in [0.5, 0.6) is 5.75 Å². The molecule has 0 radical (unpaired) electrons. The van der Waals surface area contributed by atoms with Gasteiger partial charge in [-0.3, -0.25) is 9.59 Å². The molecular formula is C32H33N2O6+. The van der Waals surface area contributed by atoms with Gasteiger partial charge in [-0.05, 0) is 68.7 Å². The van der Waals surface area contributed by atoms with Gasteiger partial charge in [0.25, 0.3) is 11.6 Å². The highest BCUT2D eigenvalue weighted by atomic mass is 16.5. The van der Waals surface area contributed by atoms with Gasteiger partial charge in [0, 0.05) is 54.6 Å². The number of allylic oxidation sites excluding steroid dienone is 2. The average Bonchev–Trinajstić information content (AvgIpc) is 3.85. The molecule has 2 fully saturated rings. The first-order valence-electron chi connectivity index (χ1n) is 14.0. The number of hydrogen-bond donors (Lipinski definition) is 1. The van der Waals surface area contributed by atoms with Crippen LogP contribution < -0.4 is 9.72 Å². The minimum atomic E-state index is -1.04. The number of likely N-dealkylation sites (N-methyl/N-ethyl adjacent to an activating group) is 1. The third kappa shape index (κ3) is 3.50. The highest BCUT2D eigenvalue weighted by Crippen LogP contribution is 2.62. The number of carbonyl (C=O) groups is 3. The summed E-state index contributed by atoms with van der Waals surface area (Å²) in [5.74, 6) is 0.277. The molecule has 0 bridgehead atoms. The van der Waals surface area contributed by atoms with Crippen LogP contribution in [0.15, 0.2) is 46.9 Å². The largest absolute Gasteiger partial charge is 0.496 e. The number of carbonyl (C=O) groups excluding carboxylic acids is 2. The number of ether oxygens (including phenoxy) is 2. The summed E-state index contributed by atoms with van der Waals surface area (Å²) in [6, 6.07) is 7.38. The van der Waals surface area contributed by atoms with Gasteiger partial charge in [0.1, 0.15) is 17.3 Å². The summed E-state index contributed by atoms with van der Waals surface area (Å²) in [6.07, 6.45) is 5.77. The molecule has 8 heteroatoms. The second-order valence-corrected chi connectivity index (χ2v) is 12.3. The van der Waals surface area contributed by atoms with Crippen LogP contribution in [0.4, 0.5) is 0 Å². The normalized spacial score (nSPS) is 23.7. The topological polar surface area (TPSA) is 107 Å². The van der Waals surface area contributed by atoms with Crippen molar-refractivity contribution in [2.75, 3.05) is 14.2 Å². The number of rotatable bonds is 4. The maximum Gasteiger partial charge on any atom is 0.401 e. The maximum absolute atomic E-state index is 14.1. The minimum Gasteiger partial charge on any atom is -0.496 e. The Labute approximate surface area is 232 Å². The summed E-state index contributed by atoms with van der Waals surface area (Å²) in [5.41, 5.74) is 4.64. The van der Waals surface area contributed by atoms with E-state index in [1.54, 1.807) is 20.1 Å². The zero-order chi connectivity index (χ0) is 28.1. The number of aromatic carboxylic acids is 1. The first-order valence-corrected chi connectivity index (χ1v) is 14.0. The molecule has 1 aromatic carbocycles. The number of nitrogens with one attached hydrogen (secondary N) is 1. The van der Waals surface area contributed by atoms with E-state index in [1.807, 2.05) is 37.1 Å². The number of amides is 1. The van der Waals surface area contributed by atoms with Gasteiger partial charge >= 0.3 is 5.97 Å². The molecule has 2 N–H and O–H groups in total. The number of H-pyrrole nitrogens is 1. The molecule has 2 spiro atoms. The first-order chi connectivity index (χ1) is 19.1. The number of ketones is 1. The van der Waals surface area contributed by atoms with Gasteiger partial charge in [-0.15, -0.1) is 0 Å². The van der Waals surface area contributed by atoms with Crippen LogP contribution in [-0.2, 0) is 14.3 Å². The molecule has 1 atom stereocenters. The average molecular weight is 542 g/mol. The molecule has 1 amide bonds. The van der Waals surface area contributed by atoms with Crippen molar-refractivity contribution < 1.29 is 33.9 Å². The number of carboxylic acid groups (broad SMARTS) is 1. The van der Waals surface area contributed by atoms with E-state index in [4.69, 9.17) is 9.47 Å². The molecule has 8 nitrogen and oxygen atoms in total. The zero-order valence-corrected chi connectivity index (χ0v) is 23.3. The first kappa shape index (κ1) is 25.1. The van der Waals surface area contributed by atoms with Crippen molar-refractivity contribution in [1.82, 2.24) is 4.90 Å². The van der Waals surface area contributed by atoms with Crippen LogP contribution in [0.2, 0.25) is 0 Å². The summed E-state index contributed by atoms with van der Waals surface area (Å²) < 4.78 is 12.4. The fraction of sp³-hybridized carbons (Fsp3) is 0.438. The van der Waals surface area contributed by atoms with Gasteiger partial charge < -0.3 is 19.5 Å². The number of pyridine rings is 1. The number of methoxy groups -OCH3 is 1. The number of nitrogens with zero attached hydrogens (tertiary/aromatic N) is 1. The Bertz CT molecular complexity index is 1610. The SMILES string of the molecule is COc1ccc(-c2ccc(C)c(C(=O)O)[nH+]2)c(C)c1[C@@H]1C2=C(CC3(CC3)CC2=O)OC2=C1C(=O)N(C)C1(CC1)C2. The second-order valence-electron chi connectivity index (χ2n) is 12.3. The number of benzene rings is 1. The van der Waals surface area contributed by atoms with Crippen LogP contribution in [0.3, 0.4) is 0 Å². The van der Waals surface area contributed by atoms with E-state index < -0.39 is 11.9 Å². The van der Waals surface area contributed by atoms with Gasteiger partial charge in [-0.25, -0.2) is 4.79 Å². The van der Waals surface area contributed by atoms with Crippen LogP contribution in [0, 0.1) is 19.3 Å². The van der Waals surface area contributed by atoms with Gasteiger partial charge in [0.05, 0.1) is 24.1 Å². The Morgan fingerprint density at radius 2 is 1.75 bits per heavy atom. The molecule has 40 heavy (non-hydrogen) atoms. The number of carboxylic acids is 1.